The van der Waals surface area contributed by atoms with Crippen LogP contribution in [0.2, 0.25) is 0 Å². The molecule has 0 bridgehead atoms. The van der Waals surface area contributed by atoms with Gasteiger partial charge in [0.1, 0.15) is 5.82 Å². The van der Waals surface area contributed by atoms with Gasteiger partial charge in [0, 0.05) is 17.7 Å². The molecule has 0 saturated heterocycles. The van der Waals surface area contributed by atoms with Crippen LogP contribution in [0.1, 0.15) is 94.4 Å². The highest BCUT2D eigenvalue weighted by molar-refractivity contribution is 7.13. The molecule has 2 aromatic rings. The van der Waals surface area contributed by atoms with Gasteiger partial charge in [-0.15, -0.1) is 11.3 Å². The topological polar surface area (TPSA) is 37.3 Å². The maximum Gasteiger partial charge on any atom is 0.132 e. The van der Waals surface area contributed by atoms with Crippen LogP contribution in [0, 0.1) is 5.82 Å². The fourth-order valence-corrected chi connectivity index (χ4v) is 5.71. The molecule has 1 fully saturated rings. The number of benzene rings is 1. The zero-order valence-corrected chi connectivity index (χ0v) is 21.2. The Kier molecular flexibility index (Phi) is 9.86. The second-order valence-electron chi connectivity index (χ2n) is 8.99. The van der Waals surface area contributed by atoms with Crippen LogP contribution < -0.4 is 5.32 Å². The van der Waals surface area contributed by atoms with Crippen molar-refractivity contribution >= 4 is 22.7 Å². The molecular formula is C28H38FN3S. The summed E-state index contributed by atoms with van der Waals surface area (Å²) in [5.41, 5.74) is 2.08. The number of nitrogens with one attached hydrogen (secondary N) is 1. The molecule has 1 aliphatic rings. The lowest BCUT2D eigenvalue weighted by Gasteiger charge is -2.18. The summed E-state index contributed by atoms with van der Waals surface area (Å²) in [6.45, 7) is 10.7. The van der Waals surface area contributed by atoms with Crippen LogP contribution in [0.5, 0.6) is 0 Å². The molecule has 33 heavy (non-hydrogen) atoms. The second-order valence-corrected chi connectivity index (χ2v) is 10.0. The number of hydrogen-bond acceptors (Lipinski definition) is 3. The van der Waals surface area contributed by atoms with Crippen molar-refractivity contribution in [1.29, 1.82) is 0 Å². The fraction of sp³-hybridized carbons (Fsp3) is 0.500. The van der Waals surface area contributed by atoms with E-state index in [0.717, 1.165) is 47.0 Å². The highest BCUT2D eigenvalue weighted by Gasteiger charge is 2.21. The van der Waals surface area contributed by atoms with Gasteiger partial charge in [-0.2, -0.15) is 0 Å². The molecular weight excluding hydrogens is 429 g/mol. The molecule has 1 aromatic heterocycles. The summed E-state index contributed by atoms with van der Waals surface area (Å²) in [7, 11) is 0. The molecule has 3 rings (SSSR count). The Labute approximate surface area is 203 Å². The molecule has 1 N–H and O–H groups in total. The second kappa shape index (κ2) is 12.8. The molecule has 178 valence electrons. The minimum absolute atomic E-state index is 0.247. The van der Waals surface area contributed by atoms with Crippen molar-refractivity contribution in [2.75, 3.05) is 0 Å². The maximum absolute atomic E-state index is 14.7. The number of allylic oxidation sites excluding steroid dienone is 2. The molecule has 1 aromatic carbocycles. The van der Waals surface area contributed by atoms with Crippen LogP contribution in [0.4, 0.5) is 4.39 Å². The number of halogens is 1. The monoisotopic (exact) mass is 467 g/mol. The molecule has 0 atom stereocenters. The van der Waals surface area contributed by atoms with Crippen molar-refractivity contribution in [2.24, 2.45) is 4.99 Å². The van der Waals surface area contributed by atoms with Crippen LogP contribution in [-0.4, -0.2) is 16.9 Å². The number of thiazole rings is 1. The Hall–Kier alpha value is -2.27. The van der Waals surface area contributed by atoms with Gasteiger partial charge in [-0.1, -0.05) is 64.7 Å². The first-order valence-electron chi connectivity index (χ1n) is 12.5. The van der Waals surface area contributed by atoms with E-state index in [4.69, 9.17) is 9.98 Å². The van der Waals surface area contributed by atoms with Gasteiger partial charge in [0.15, 0.2) is 0 Å². The molecule has 0 unspecified atom stereocenters. The van der Waals surface area contributed by atoms with Gasteiger partial charge in [0.2, 0.25) is 0 Å². The molecule has 0 radical (unpaired) electrons. The lowest BCUT2D eigenvalue weighted by Crippen LogP contribution is -2.18. The molecule has 5 heteroatoms. The Morgan fingerprint density at radius 2 is 1.91 bits per heavy atom. The van der Waals surface area contributed by atoms with Crippen LogP contribution >= 0.6 is 11.3 Å². The van der Waals surface area contributed by atoms with Gasteiger partial charge in [-0.25, -0.2) is 9.37 Å². The van der Waals surface area contributed by atoms with Crippen LogP contribution in [0.25, 0.3) is 16.8 Å². The predicted octanol–water partition coefficient (Wildman–Crippen LogP) is 8.50. The third-order valence-corrected chi connectivity index (χ3v) is 7.51. The van der Waals surface area contributed by atoms with Gasteiger partial charge in [-0.05, 0) is 56.4 Å². The van der Waals surface area contributed by atoms with Gasteiger partial charge >= 0.3 is 0 Å². The van der Waals surface area contributed by atoms with E-state index in [1.807, 2.05) is 31.3 Å². The minimum atomic E-state index is -0.247. The Balaban J connectivity index is 1.83. The van der Waals surface area contributed by atoms with Crippen molar-refractivity contribution in [1.82, 2.24) is 10.3 Å². The zero-order valence-electron chi connectivity index (χ0n) is 20.4. The molecule has 0 spiro atoms. The third-order valence-electron chi connectivity index (χ3n) is 6.22. The highest BCUT2D eigenvalue weighted by Crippen LogP contribution is 2.39. The average Bonchev–Trinajstić information content (AvgIpc) is 3.25. The summed E-state index contributed by atoms with van der Waals surface area (Å²) in [6, 6.07) is 7.33. The van der Waals surface area contributed by atoms with Crippen molar-refractivity contribution in [3.8, 4) is 11.3 Å². The van der Waals surface area contributed by atoms with Crippen LogP contribution in [-0.2, 0) is 0 Å². The highest BCUT2D eigenvalue weighted by atomic mass is 32.1. The first-order chi connectivity index (χ1) is 16.0. The van der Waals surface area contributed by atoms with Crippen molar-refractivity contribution in [3.63, 3.8) is 0 Å². The van der Waals surface area contributed by atoms with Crippen molar-refractivity contribution in [2.45, 2.75) is 90.5 Å². The van der Waals surface area contributed by atoms with E-state index in [0.29, 0.717) is 23.2 Å². The Bertz CT molecular complexity index is 963. The first kappa shape index (κ1) is 25.4. The largest absolute Gasteiger partial charge is 0.351 e. The summed E-state index contributed by atoms with van der Waals surface area (Å²) in [6.07, 6.45) is 14.5. The Morgan fingerprint density at radius 1 is 1.21 bits per heavy atom. The van der Waals surface area contributed by atoms with Crippen LogP contribution in [0.15, 0.2) is 48.1 Å². The minimum Gasteiger partial charge on any atom is -0.351 e. The number of amidine groups is 1. The SMILES string of the molecule is C=C(/C=C\NC(C)=NC1CCCCC1)c1sc(C(CCC)CCC)nc1-c1ccccc1F. The number of aromatic nitrogens is 1. The summed E-state index contributed by atoms with van der Waals surface area (Å²) in [4.78, 5) is 10.7. The summed E-state index contributed by atoms with van der Waals surface area (Å²) in [5.74, 6) is 1.09. The lowest BCUT2D eigenvalue weighted by atomic mass is 9.96. The third kappa shape index (κ3) is 7.10. The van der Waals surface area contributed by atoms with Gasteiger partial charge < -0.3 is 5.32 Å². The quantitative estimate of drug-likeness (QED) is 0.216. The average molecular weight is 468 g/mol. The lowest BCUT2D eigenvalue weighted by molar-refractivity contribution is 0.442. The standard InChI is InChI=1S/C28H38FN3S/c1-5-12-22(13-6-2)28-32-26(24-16-10-11-17-25(24)29)27(33-28)20(3)18-19-30-21(4)31-23-14-8-7-9-15-23/h10-11,16-19,22-23H,3,5-9,12-15H2,1-2,4H3,(H,30,31)/b19-18-. The fourth-order valence-electron chi connectivity index (χ4n) is 4.51. The van der Waals surface area contributed by atoms with E-state index in [9.17, 15) is 4.39 Å². The zero-order chi connectivity index (χ0) is 23.6. The van der Waals surface area contributed by atoms with Gasteiger partial charge in [0.25, 0.3) is 0 Å². The number of nitrogens with zero attached hydrogens (tertiary/aromatic N) is 2. The summed E-state index contributed by atoms with van der Waals surface area (Å²) < 4.78 is 14.7. The predicted molar refractivity (Wildman–Crippen MR) is 141 cm³/mol. The Morgan fingerprint density at radius 3 is 2.58 bits per heavy atom. The molecule has 1 aliphatic carbocycles. The van der Waals surface area contributed by atoms with E-state index >= 15 is 0 Å². The number of aliphatic imine (C=N–C) groups is 1. The molecule has 3 nitrogen and oxygen atoms in total. The van der Waals surface area contributed by atoms with Gasteiger partial charge in [0.05, 0.1) is 27.5 Å². The van der Waals surface area contributed by atoms with E-state index in [2.05, 4.69) is 25.7 Å². The van der Waals surface area contributed by atoms with E-state index in [-0.39, 0.29) is 5.82 Å². The number of hydrogen-bond donors (Lipinski definition) is 1. The summed E-state index contributed by atoms with van der Waals surface area (Å²) >= 11 is 1.66. The molecule has 1 saturated carbocycles. The normalized spacial score (nSPS) is 15.5. The molecule has 0 aliphatic heterocycles. The van der Waals surface area contributed by atoms with Gasteiger partial charge in [-0.3, -0.25) is 4.99 Å². The van der Waals surface area contributed by atoms with E-state index < -0.39 is 0 Å². The first-order valence-corrected chi connectivity index (χ1v) is 13.3. The van der Waals surface area contributed by atoms with E-state index in [1.165, 1.54) is 38.2 Å². The van der Waals surface area contributed by atoms with Crippen molar-refractivity contribution in [3.05, 3.63) is 58.8 Å². The smallest absolute Gasteiger partial charge is 0.132 e. The molecule has 0 amide bonds. The number of rotatable bonds is 10. The molecule has 1 heterocycles. The van der Waals surface area contributed by atoms with Crippen LogP contribution in [0.3, 0.4) is 0 Å². The van der Waals surface area contributed by atoms with E-state index in [1.54, 1.807) is 17.4 Å². The maximum atomic E-state index is 14.7. The summed E-state index contributed by atoms with van der Waals surface area (Å²) in [5, 5.41) is 4.38. The van der Waals surface area contributed by atoms with Crippen molar-refractivity contribution < 1.29 is 4.39 Å².